The van der Waals surface area contributed by atoms with E-state index < -0.39 is 16.5 Å². The van der Waals surface area contributed by atoms with E-state index in [0.29, 0.717) is 32.4 Å². The molecule has 0 saturated carbocycles. The fraction of sp³-hybridized carbons (Fsp3) is 0.762. The zero-order chi connectivity index (χ0) is 21.0. The second-order valence-corrected chi connectivity index (χ2v) is 9.67. The molecule has 1 aliphatic rings. The van der Waals surface area contributed by atoms with E-state index in [1.54, 1.807) is 6.08 Å². The summed E-state index contributed by atoms with van der Waals surface area (Å²) < 4.78 is 0. The number of carbonyl (C=O) groups excluding carboxylic acids is 3. The van der Waals surface area contributed by atoms with Crippen LogP contribution in [0.4, 0.5) is 0 Å². The Balaban J connectivity index is 3.23. The van der Waals surface area contributed by atoms with Crippen molar-refractivity contribution in [3.8, 4) is 0 Å². The van der Waals surface area contributed by atoms with Crippen molar-refractivity contribution in [2.75, 3.05) is 13.1 Å². The highest BCUT2D eigenvalue weighted by Gasteiger charge is 2.50. The summed E-state index contributed by atoms with van der Waals surface area (Å²) in [5.74, 6) is -0.512. The van der Waals surface area contributed by atoms with Gasteiger partial charge in [0.1, 0.15) is 5.54 Å². The van der Waals surface area contributed by atoms with Crippen molar-refractivity contribution in [3.63, 3.8) is 0 Å². The molecule has 6 heteroatoms. The van der Waals surface area contributed by atoms with E-state index in [1.807, 2.05) is 46.4 Å². The van der Waals surface area contributed by atoms with Gasteiger partial charge in [-0.3, -0.25) is 14.4 Å². The number of allylic oxidation sites excluding steroid dienone is 1. The third kappa shape index (κ3) is 6.08. The third-order valence-corrected chi connectivity index (χ3v) is 4.85. The Hall–Kier alpha value is -1.85. The van der Waals surface area contributed by atoms with Crippen molar-refractivity contribution in [2.45, 2.75) is 78.8 Å². The maximum atomic E-state index is 13.3. The van der Waals surface area contributed by atoms with Crippen LogP contribution in [0.15, 0.2) is 12.7 Å². The number of carbonyl (C=O) groups is 3. The molecular formula is C21H37N3O3. The smallest absolute Gasteiger partial charge is 0.246 e. The topological polar surface area (TPSA) is 78.5 Å². The third-order valence-electron chi connectivity index (χ3n) is 4.85. The Morgan fingerprint density at radius 2 is 1.70 bits per heavy atom. The van der Waals surface area contributed by atoms with E-state index in [9.17, 15) is 14.4 Å². The fourth-order valence-corrected chi connectivity index (χ4v) is 3.64. The number of nitrogens with zero attached hydrogens (tertiary/aromatic N) is 1. The normalized spacial score (nSPS) is 20.0. The molecule has 0 bridgehead atoms. The van der Waals surface area contributed by atoms with Gasteiger partial charge in [0.25, 0.3) is 0 Å². The lowest BCUT2D eigenvalue weighted by Gasteiger charge is -2.40. The number of hydrogen-bond acceptors (Lipinski definition) is 3. The van der Waals surface area contributed by atoms with E-state index in [1.165, 1.54) is 6.92 Å². The Morgan fingerprint density at radius 3 is 2.15 bits per heavy atom. The summed E-state index contributed by atoms with van der Waals surface area (Å²) >= 11 is 0. The molecule has 0 aliphatic carbocycles. The molecule has 6 nitrogen and oxygen atoms in total. The second kappa shape index (κ2) is 8.44. The van der Waals surface area contributed by atoms with Crippen LogP contribution in [0, 0.1) is 11.3 Å². The van der Waals surface area contributed by atoms with Crippen molar-refractivity contribution in [2.24, 2.45) is 11.3 Å². The maximum absolute atomic E-state index is 13.3. The number of amides is 3. The lowest BCUT2D eigenvalue weighted by molar-refractivity contribution is -0.140. The number of hydrogen-bond donors (Lipinski definition) is 2. The molecule has 0 radical (unpaired) electrons. The van der Waals surface area contributed by atoms with Gasteiger partial charge in [-0.2, -0.15) is 0 Å². The summed E-state index contributed by atoms with van der Waals surface area (Å²) in [5.41, 5.74) is -1.95. The first-order valence-corrected chi connectivity index (χ1v) is 9.74. The highest BCUT2D eigenvalue weighted by Crippen LogP contribution is 2.34. The van der Waals surface area contributed by atoms with Crippen LogP contribution in [0.2, 0.25) is 0 Å². The quantitative estimate of drug-likeness (QED) is 0.697. The maximum Gasteiger partial charge on any atom is 0.246 e. The second-order valence-electron chi connectivity index (χ2n) is 9.67. The van der Waals surface area contributed by atoms with Gasteiger partial charge in [-0.15, -0.1) is 6.58 Å². The molecular weight excluding hydrogens is 342 g/mol. The molecule has 0 spiro atoms. The largest absolute Gasteiger partial charge is 0.349 e. The molecule has 2 atom stereocenters. The first-order chi connectivity index (χ1) is 12.2. The Bertz CT molecular complexity index is 586. The lowest BCUT2D eigenvalue weighted by atomic mass is 9.77. The highest BCUT2D eigenvalue weighted by atomic mass is 16.2. The van der Waals surface area contributed by atoms with Crippen molar-refractivity contribution >= 4 is 17.7 Å². The summed E-state index contributed by atoms with van der Waals surface area (Å²) in [6, 6.07) is 0. The van der Waals surface area contributed by atoms with Gasteiger partial charge >= 0.3 is 0 Å². The van der Waals surface area contributed by atoms with Crippen molar-refractivity contribution in [3.05, 3.63) is 12.7 Å². The zero-order valence-corrected chi connectivity index (χ0v) is 18.1. The minimum absolute atomic E-state index is 0.0710. The molecule has 1 heterocycles. The van der Waals surface area contributed by atoms with Crippen LogP contribution >= 0.6 is 0 Å². The molecule has 0 aromatic carbocycles. The molecule has 2 N–H and O–H groups in total. The predicted octanol–water partition coefficient (Wildman–Crippen LogP) is 2.64. The molecule has 27 heavy (non-hydrogen) atoms. The van der Waals surface area contributed by atoms with Gasteiger partial charge in [0, 0.05) is 36.9 Å². The van der Waals surface area contributed by atoms with E-state index in [4.69, 9.17) is 0 Å². The van der Waals surface area contributed by atoms with Gasteiger partial charge in [-0.25, -0.2) is 0 Å². The molecule has 3 amide bonds. The van der Waals surface area contributed by atoms with Crippen LogP contribution in [-0.4, -0.2) is 46.8 Å². The zero-order valence-electron chi connectivity index (χ0n) is 18.1. The molecule has 1 aliphatic heterocycles. The van der Waals surface area contributed by atoms with Crippen LogP contribution < -0.4 is 10.6 Å². The summed E-state index contributed by atoms with van der Waals surface area (Å²) in [7, 11) is 0. The van der Waals surface area contributed by atoms with Crippen molar-refractivity contribution < 1.29 is 14.4 Å². The van der Waals surface area contributed by atoms with Gasteiger partial charge in [0.05, 0.1) is 0 Å². The van der Waals surface area contributed by atoms with Crippen LogP contribution in [0.25, 0.3) is 0 Å². The predicted molar refractivity (Wildman–Crippen MR) is 108 cm³/mol. The molecule has 154 valence electrons. The van der Waals surface area contributed by atoms with Gasteiger partial charge in [0.2, 0.25) is 17.7 Å². The van der Waals surface area contributed by atoms with Gasteiger partial charge < -0.3 is 15.5 Å². The summed E-state index contributed by atoms with van der Waals surface area (Å²) in [6.45, 7) is 17.7. The molecule has 1 fully saturated rings. The van der Waals surface area contributed by atoms with E-state index in [-0.39, 0.29) is 23.6 Å². The lowest BCUT2D eigenvalue weighted by Crippen LogP contribution is -2.65. The van der Waals surface area contributed by atoms with Crippen molar-refractivity contribution in [1.82, 2.24) is 15.5 Å². The molecule has 1 unspecified atom stereocenters. The van der Waals surface area contributed by atoms with Crippen molar-refractivity contribution in [1.29, 1.82) is 0 Å². The van der Waals surface area contributed by atoms with E-state index >= 15 is 0 Å². The monoisotopic (exact) mass is 379 g/mol. The number of nitrogens with one attached hydrogen (secondary N) is 2. The van der Waals surface area contributed by atoms with Crippen LogP contribution in [0.3, 0.4) is 0 Å². The minimum atomic E-state index is -1.06. The Morgan fingerprint density at radius 1 is 1.11 bits per heavy atom. The van der Waals surface area contributed by atoms with E-state index in [2.05, 4.69) is 17.2 Å². The Kier molecular flexibility index (Phi) is 7.25. The minimum Gasteiger partial charge on any atom is -0.349 e. The molecule has 1 rings (SSSR count). The standard InChI is InChI=1S/C21H37N3O3/c1-9-10-12-21(22-15(2)25,17(26)23-20(6,7)8)16-11-13-24(14-16)18(27)19(3,4)5/h9,16H,1,10-14H2,2-8H3,(H,22,25)(H,23,26)/t16-,21?/m1/s1. The molecule has 1 saturated heterocycles. The number of likely N-dealkylation sites (tertiary alicyclic amines) is 1. The average Bonchev–Trinajstić information content (AvgIpc) is 2.97. The fourth-order valence-electron chi connectivity index (χ4n) is 3.64. The van der Waals surface area contributed by atoms with Crippen LogP contribution in [0.5, 0.6) is 0 Å². The Labute approximate surface area is 164 Å². The van der Waals surface area contributed by atoms with Gasteiger partial charge in [0.15, 0.2) is 0 Å². The van der Waals surface area contributed by atoms with Crippen LogP contribution in [-0.2, 0) is 14.4 Å². The first-order valence-electron chi connectivity index (χ1n) is 9.74. The average molecular weight is 380 g/mol. The summed E-state index contributed by atoms with van der Waals surface area (Å²) in [6.07, 6.45) is 3.49. The van der Waals surface area contributed by atoms with Crippen LogP contribution in [0.1, 0.15) is 67.7 Å². The SMILES string of the molecule is C=CCCC(NC(C)=O)(C(=O)NC(C)(C)C)[C@@H]1CCN(C(=O)C(C)(C)C)C1. The number of rotatable bonds is 6. The molecule has 0 aromatic heterocycles. The van der Waals surface area contributed by atoms with E-state index in [0.717, 1.165) is 0 Å². The first kappa shape index (κ1) is 23.2. The van der Waals surface area contributed by atoms with Gasteiger partial charge in [-0.1, -0.05) is 26.8 Å². The van der Waals surface area contributed by atoms with Gasteiger partial charge in [-0.05, 0) is 40.0 Å². The summed E-state index contributed by atoms with van der Waals surface area (Å²) in [4.78, 5) is 39.9. The highest BCUT2D eigenvalue weighted by molar-refractivity contribution is 5.92. The summed E-state index contributed by atoms with van der Waals surface area (Å²) in [5, 5.41) is 5.99. The molecule has 0 aromatic rings.